The van der Waals surface area contributed by atoms with Crippen molar-refractivity contribution < 1.29 is 132 Å². The molecule has 10 saturated carbocycles. The predicted octanol–water partition coefficient (Wildman–Crippen LogP) is 23.1. The number of thiophene rings is 1. The van der Waals surface area contributed by atoms with Crippen molar-refractivity contribution in [2.75, 3.05) is 18.1 Å². The number of fused-ring (bicyclic) bond motifs is 3. The van der Waals surface area contributed by atoms with Gasteiger partial charge in [-0.25, -0.2) is 62.4 Å². The predicted molar refractivity (Wildman–Crippen MR) is 493 cm³/mol. The van der Waals surface area contributed by atoms with Gasteiger partial charge in [0.2, 0.25) is 6.10 Å². The van der Waals surface area contributed by atoms with E-state index < -0.39 is 148 Å². The van der Waals surface area contributed by atoms with Gasteiger partial charge in [-0.05, 0) is 302 Å². The van der Waals surface area contributed by atoms with Gasteiger partial charge in [0.1, 0.15) is 58.0 Å². The average molecular weight is 1960 g/mol. The van der Waals surface area contributed by atoms with E-state index in [-0.39, 0.29) is 105 Å². The largest absolute Gasteiger partial charge is 0.748 e. The third kappa shape index (κ3) is 26.6. The van der Waals surface area contributed by atoms with E-state index in [1.807, 2.05) is 13.8 Å². The monoisotopic (exact) mass is 1960 g/mol. The molecule has 0 saturated heterocycles. The molecule has 726 valence electrons. The van der Waals surface area contributed by atoms with Gasteiger partial charge in [0.25, 0.3) is 0 Å². The number of hydrogen-bond acceptors (Lipinski definition) is 20. The number of esters is 6. The SMILES string of the molecule is C=C(C)C(=O)OC12CC3CC(C1)CC(C(=O)OC(CS(=O)(=O)[O-])C(F)(F)F)(C3)C2.C=C(C)C(=O)OC12CC3CC(C1)CC(C(=O)OCCS(=O)(=O)[O-])(C3)C2.C=C(C)C(=O)Oc1cc(F)c(OC2(C)CCCC2)c(F)c1.C=C(C)C(=O)Oc1ccc(F)c(OC2(C)CCCC2)c1.Fc1ccc([S+](c2ccc(F)cc2)c2ccc(F)cc2)cc1.c1ccc(-[s+]2c3ccccc3c3ccccc32)cc1. The standard InChI is InChI=1S/C18H23F3O7S.C18H12F3S.C18H13S.C17H24O7S.C16H18F2O3.C16H19FO3/c1-10(2)14(22)28-17-6-11-3-12(7-17)5-16(4-11,9-17)15(23)27-13(18(19,20)21)8-29(24,25)26;19-13-1-7-16(8-2-13)22(17-9-3-14(20)4-10-17)18-11-5-15(21)6-12-18;1-2-8-14(9-3-1)19-17-12-6-4-10-15(17)16-11-5-7-13-18(16)19;1-11(2)14(18)24-17-8-12-5-13(9-17)7-16(6-12,10-17)15(19)23-3-4-25(20,21)22;1-10(2)15(19)20-11-8-12(17)14(13(18)9-11)21-16(3)6-4-5-7-16;1-11(2)15(18)19-12-6-7-13(17)14(10-12)20-16(3)8-4-5-9-16/h11-13H,1,3-9H2,2H3,(H,24,25,26);1-12H;1-13H;12-13H,1,3-10H2,2H3,(H,20,21,22);8-9H,1,4-7H2,2-3H3;6-7,10H,1,4-5,8-9H2,2-3H3/q;2*+1;;;/p-2. The highest BCUT2D eigenvalue weighted by Crippen LogP contribution is 2.65. The summed E-state index contributed by atoms with van der Waals surface area (Å²) < 4.78 is 231. The fraction of sp³-hybridized carbons (Fsp3) is 0.398. The Morgan fingerprint density at radius 2 is 0.846 bits per heavy atom. The van der Waals surface area contributed by atoms with Crippen LogP contribution in [0.1, 0.15) is 170 Å². The van der Waals surface area contributed by atoms with Crippen LogP contribution in [0.3, 0.4) is 0 Å². The molecule has 136 heavy (non-hydrogen) atoms. The van der Waals surface area contributed by atoms with Crippen LogP contribution >= 0.6 is 10.5 Å². The third-order valence-corrected chi connectivity index (χ3v) is 31.3. The number of benzene rings is 8. The normalized spacial score (nSPS) is 22.3. The lowest BCUT2D eigenvalue weighted by Gasteiger charge is -2.59. The Hall–Kier alpha value is -11.1. The second-order valence-electron chi connectivity index (χ2n) is 37.2. The molecule has 10 fully saturated rings. The molecule has 20 nitrogen and oxygen atoms in total. The van der Waals surface area contributed by atoms with Gasteiger partial charge in [0.05, 0.1) is 53.5 Å². The lowest BCUT2D eigenvalue weighted by atomic mass is 9.48. The van der Waals surface area contributed by atoms with Gasteiger partial charge in [0.15, 0.2) is 57.9 Å². The number of ether oxygens (including phenoxy) is 8. The molecule has 8 aromatic carbocycles. The molecule has 5 atom stereocenters. The third-order valence-electron chi connectivity index (χ3n) is 25.4. The van der Waals surface area contributed by atoms with E-state index in [1.165, 1.54) is 93.5 Å². The number of rotatable bonds is 24. The molecule has 0 spiro atoms. The Morgan fingerprint density at radius 1 is 0.463 bits per heavy atom. The topological polar surface area (TPSA) is 291 Å². The highest BCUT2D eigenvalue weighted by atomic mass is 32.2. The summed E-state index contributed by atoms with van der Waals surface area (Å²) in [6.07, 6.45) is 5.84. The van der Waals surface area contributed by atoms with Crippen LogP contribution in [0, 0.1) is 69.4 Å². The molecule has 1 heterocycles. The van der Waals surface area contributed by atoms with Gasteiger partial charge in [-0.1, -0.05) is 68.8 Å². The van der Waals surface area contributed by atoms with Crippen molar-refractivity contribution in [2.24, 2.45) is 34.5 Å². The van der Waals surface area contributed by atoms with E-state index in [1.54, 1.807) is 50.2 Å². The van der Waals surface area contributed by atoms with Gasteiger partial charge in [-0.2, -0.15) is 13.2 Å². The van der Waals surface area contributed by atoms with Crippen LogP contribution in [0.25, 0.3) is 25.1 Å². The van der Waals surface area contributed by atoms with Crippen LogP contribution in [0.4, 0.5) is 39.5 Å². The van der Waals surface area contributed by atoms with Crippen LogP contribution < -0.4 is 18.9 Å². The molecule has 9 aromatic rings. The molecular weight excluding hydrogens is 1860 g/mol. The molecule has 19 rings (SSSR count). The molecule has 0 amide bonds. The summed E-state index contributed by atoms with van der Waals surface area (Å²) in [4.78, 5) is 76.5. The smallest absolute Gasteiger partial charge is 0.426 e. The summed E-state index contributed by atoms with van der Waals surface area (Å²) in [5.41, 5.74) is -3.62. The Labute approximate surface area is 790 Å². The summed E-state index contributed by atoms with van der Waals surface area (Å²) >= 11 is 0. The van der Waals surface area contributed by atoms with E-state index in [0.29, 0.717) is 43.3 Å². The lowest BCUT2D eigenvalue weighted by molar-refractivity contribution is -0.236. The summed E-state index contributed by atoms with van der Waals surface area (Å²) in [5.74, 6) is -9.45. The lowest BCUT2D eigenvalue weighted by Crippen LogP contribution is -2.60. The molecule has 1 aromatic heterocycles. The van der Waals surface area contributed by atoms with Crippen molar-refractivity contribution in [2.45, 2.75) is 219 Å². The fourth-order valence-electron chi connectivity index (χ4n) is 20.1. The molecule has 0 N–H and O–H groups in total. The fourth-order valence-corrected chi connectivity index (χ4v) is 25.5. The van der Waals surface area contributed by atoms with Crippen molar-refractivity contribution in [3.05, 3.63) is 266 Å². The first kappa shape index (κ1) is 104. The summed E-state index contributed by atoms with van der Waals surface area (Å²) in [5, 5.41) is 2.79. The van der Waals surface area contributed by atoms with Crippen molar-refractivity contribution in [1.29, 1.82) is 0 Å². The molecule has 0 aliphatic heterocycles. The minimum absolute atomic E-state index is 0.0134. The van der Waals surface area contributed by atoms with Crippen LogP contribution in [0.2, 0.25) is 0 Å². The van der Waals surface area contributed by atoms with Gasteiger partial charge in [-0.3, -0.25) is 9.59 Å². The van der Waals surface area contributed by atoms with Gasteiger partial charge >= 0.3 is 42.0 Å². The Morgan fingerprint density at radius 3 is 1.24 bits per heavy atom. The van der Waals surface area contributed by atoms with E-state index in [0.717, 1.165) is 104 Å². The molecule has 10 aliphatic carbocycles. The highest BCUT2D eigenvalue weighted by molar-refractivity contribution is 7.97. The molecule has 8 bridgehead atoms. The summed E-state index contributed by atoms with van der Waals surface area (Å²) in [6, 6.07) is 52.9. The zero-order valence-electron chi connectivity index (χ0n) is 76.0. The Kier molecular flexibility index (Phi) is 32.7. The summed E-state index contributed by atoms with van der Waals surface area (Å²) in [6.45, 7) is 23.5. The maximum Gasteiger partial charge on any atom is 0.426 e. The van der Waals surface area contributed by atoms with Crippen LogP contribution in [-0.2, 0) is 78.8 Å². The maximum absolute atomic E-state index is 14.0. The maximum atomic E-state index is 14.0. The molecule has 0 radical (unpaired) electrons. The molecular formula is C103H107F9O20S4. The van der Waals surface area contributed by atoms with Crippen molar-refractivity contribution in [3.63, 3.8) is 0 Å². The van der Waals surface area contributed by atoms with E-state index in [2.05, 4.69) is 110 Å². The highest BCUT2D eigenvalue weighted by Gasteiger charge is 2.65. The van der Waals surface area contributed by atoms with Crippen LogP contribution in [-0.4, -0.2) is 115 Å². The first-order valence-electron chi connectivity index (χ1n) is 44.4. The minimum atomic E-state index is -5.27. The second-order valence-corrected chi connectivity index (χ2v) is 44.2. The van der Waals surface area contributed by atoms with Gasteiger partial charge in [-0.15, -0.1) is 0 Å². The van der Waals surface area contributed by atoms with Crippen LogP contribution in [0.15, 0.2) is 245 Å². The zero-order valence-corrected chi connectivity index (χ0v) is 79.3. The van der Waals surface area contributed by atoms with Crippen LogP contribution in [0.5, 0.6) is 23.0 Å². The van der Waals surface area contributed by atoms with E-state index in [4.69, 9.17) is 33.2 Å². The van der Waals surface area contributed by atoms with Gasteiger partial charge in [0, 0.05) is 74.6 Å². The number of alkyl halides is 3. The van der Waals surface area contributed by atoms with Crippen molar-refractivity contribution >= 4 is 97.6 Å². The Bertz CT molecular complexity index is 5980. The molecule has 33 heteroatoms. The number of hydrogen-bond donors (Lipinski definition) is 0. The number of carbonyl (C=O) groups excluding carboxylic acids is 6. The Balaban J connectivity index is 0.000000147. The first-order valence-corrected chi connectivity index (χ1v) is 50.1. The summed E-state index contributed by atoms with van der Waals surface area (Å²) in [7, 11) is -10.2. The molecule has 10 aliphatic rings. The minimum Gasteiger partial charge on any atom is -0.748 e. The van der Waals surface area contributed by atoms with E-state index in [9.17, 15) is 94.2 Å². The number of carbonyl (C=O) groups is 6. The second kappa shape index (κ2) is 42.9. The number of halogens is 9. The van der Waals surface area contributed by atoms with Crippen molar-refractivity contribution in [3.8, 4) is 27.9 Å². The van der Waals surface area contributed by atoms with Crippen molar-refractivity contribution in [1.82, 2.24) is 0 Å². The average Bonchev–Trinajstić information content (AvgIpc) is 1.32. The molecule has 5 unspecified atom stereocenters. The first-order chi connectivity index (χ1) is 63.9. The zero-order chi connectivity index (χ0) is 98.8. The quantitative estimate of drug-likeness (QED) is 0.0103. The van der Waals surface area contributed by atoms with Gasteiger partial charge < -0.3 is 47.0 Å². The van der Waals surface area contributed by atoms with E-state index >= 15 is 0 Å².